The van der Waals surface area contributed by atoms with E-state index in [0.29, 0.717) is 11.1 Å². The van der Waals surface area contributed by atoms with Gasteiger partial charge in [-0.2, -0.15) is 0 Å². The summed E-state index contributed by atoms with van der Waals surface area (Å²) in [6.45, 7) is 4.00. The summed E-state index contributed by atoms with van der Waals surface area (Å²) in [6.07, 6.45) is 5.92. The third-order valence-electron chi connectivity index (χ3n) is 3.22. The molecular weight excluding hydrogens is 254 g/mol. The molecule has 4 heteroatoms. The summed E-state index contributed by atoms with van der Waals surface area (Å²) in [5, 5.41) is 11.1. The van der Waals surface area contributed by atoms with Gasteiger partial charge >= 0.3 is 0 Å². The van der Waals surface area contributed by atoms with Crippen LogP contribution < -0.4 is 5.32 Å². The molecule has 0 unspecified atom stereocenters. The second-order valence-corrected chi connectivity index (χ2v) is 4.62. The molecule has 3 rings (SSSR count). The van der Waals surface area contributed by atoms with Gasteiger partial charge in [-0.15, -0.1) is 0 Å². The average molecular weight is 277 g/mol. The van der Waals surface area contributed by atoms with Crippen molar-refractivity contribution in [2.75, 3.05) is 0 Å². The lowest BCUT2D eigenvalue weighted by atomic mass is 9.98. The van der Waals surface area contributed by atoms with Crippen LogP contribution in [0.15, 0.2) is 24.3 Å². The number of benzene rings is 1. The van der Waals surface area contributed by atoms with E-state index >= 15 is 0 Å². The molecule has 0 atom stereocenters. The molecule has 0 saturated heterocycles. The Bertz CT molecular complexity index is 418. The van der Waals surface area contributed by atoms with Crippen molar-refractivity contribution in [1.29, 1.82) is 0 Å². The summed E-state index contributed by atoms with van der Waals surface area (Å²) in [5.41, 5.74) is 0.940. The maximum atomic E-state index is 10.9. The van der Waals surface area contributed by atoms with E-state index in [1.807, 2.05) is 13.8 Å². The Labute approximate surface area is 120 Å². The summed E-state index contributed by atoms with van der Waals surface area (Å²) >= 11 is 0. The number of nitrogens with one attached hydrogen (secondary N) is 1. The predicted octanol–water partition coefficient (Wildman–Crippen LogP) is 2.91. The Balaban J connectivity index is 0.000000193. The minimum atomic E-state index is -0.300. The summed E-state index contributed by atoms with van der Waals surface area (Å²) in [6, 6.07) is 6.74. The molecule has 1 fully saturated rings. The fourth-order valence-electron chi connectivity index (χ4n) is 2.20. The number of imide groups is 1. The minimum Gasteiger partial charge on any atom is -0.393 e. The summed E-state index contributed by atoms with van der Waals surface area (Å²) < 4.78 is 0. The molecule has 1 aliphatic heterocycles. The average Bonchev–Trinajstić information content (AvgIpc) is 2.78. The first-order valence-corrected chi connectivity index (χ1v) is 7.31. The summed E-state index contributed by atoms with van der Waals surface area (Å²) in [7, 11) is 0. The van der Waals surface area contributed by atoms with Crippen molar-refractivity contribution in [3.05, 3.63) is 35.4 Å². The molecule has 110 valence electrons. The SMILES string of the molecule is CC.O=C1NC(=O)c2ccccc21.OC1CCCCC1. The van der Waals surface area contributed by atoms with Crippen LogP contribution >= 0.6 is 0 Å². The van der Waals surface area contributed by atoms with Crippen LogP contribution in [-0.4, -0.2) is 23.0 Å². The number of rotatable bonds is 0. The predicted molar refractivity (Wildman–Crippen MR) is 78.7 cm³/mol. The highest BCUT2D eigenvalue weighted by Crippen LogP contribution is 2.16. The van der Waals surface area contributed by atoms with E-state index in [1.165, 1.54) is 19.3 Å². The van der Waals surface area contributed by atoms with Crippen molar-refractivity contribution in [1.82, 2.24) is 5.32 Å². The highest BCUT2D eigenvalue weighted by atomic mass is 16.3. The number of aliphatic hydroxyl groups is 1. The number of hydrogen-bond donors (Lipinski definition) is 2. The smallest absolute Gasteiger partial charge is 0.258 e. The van der Waals surface area contributed by atoms with E-state index < -0.39 is 0 Å². The fourth-order valence-corrected chi connectivity index (χ4v) is 2.20. The zero-order valence-electron chi connectivity index (χ0n) is 12.2. The number of hydrogen-bond acceptors (Lipinski definition) is 3. The van der Waals surface area contributed by atoms with Crippen molar-refractivity contribution < 1.29 is 14.7 Å². The first-order chi connectivity index (χ1) is 9.68. The van der Waals surface area contributed by atoms with Gasteiger partial charge in [-0.05, 0) is 25.0 Å². The van der Waals surface area contributed by atoms with E-state index in [1.54, 1.807) is 24.3 Å². The van der Waals surface area contributed by atoms with Crippen molar-refractivity contribution in [3.63, 3.8) is 0 Å². The second kappa shape index (κ2) is 8.48. The van der Waals surface area contributed by atoms with Gasteiger partial charge in [0.25, 0.3) is 11.8 Å². The van der Waals surface area contributed by atoms with Gasteiger partial charge in [0, 0.05) is 0 Å². The molecule has 1 saturated carbocycles. The van der Waals surface area contributed by atoms with Crippen LogP contribution in [0.1, 0.15) is 66.7 Å². The molecule has 1 heterocycles. The second-order valence-electron chi connectivity index (χ2n) is 4.62. The van der Waals surface area contributed by atoms with Crippen LogP contribution in [0.25, 0.3) is 0 Å². The molecule has 0 spiro atoms. The van der Waals surface area contributed by atoms with Crippen LogP contribution in [0.5, 0.6) is 0 Å². The quantitative estimate of drug-likeness (QED) is 0.717. The van der Waals surface area contributed by atoms with Gasteiger partial charge in [-0.3, -0.25) is 14.9 Å². The van der Waals surface area contributed by atoms with Crippen LogP contribution in [0.2, 0.25) is 0 Å². The minimum absolute atomic E-state index is 0.0359. The normalized spacial score (nSPS) is 17.1. The molecule has 2 aliphatic rings. The lowest BCUT2D eigenvalue weighted by Gasteiger charge is -2.14. The van der Waals surface area contributed by atoms with Gasteiger partial charge in [0.1, 0.15) is 0 Å². The van der Waals surface area contributed by atoms with Gasteiger partial charge in [-0.25, -0.2) is 0 Å². The molecule has 0 bridgehead atoms. The van der Waals surface area contributed by atoms with Crippen LogP contribution in [0.4, 0.5) is 0 Å². The Kier molecular flexibility index (Phi) is 6.94. The van der Waals surface area contributed by atoms with E-state index in [0.717, 1.165) is 12.8 Å². The lowest BCUT2D eigenvalue weighted by molar-refractivity contribution is 0.0879. The van der Waals surface area contributed by atoms with Crippen molar-refractivity contribution >= 4 is 11.8 Å². The van der Waals surface area contributed by atoms with Gasteiger partial charge in [0.15, 0.2) is 0 Å². The van der Waals surface area contributed by atoms with Crippen LogP contribution in [-0.2, 0) is 0 Å². The zero-order valence-corrected chi connectivity index (χ0v) is 12.2. The number of aliphatic hydroxyl groups excluding tert-OH is 1. The summed E-state index contributed by atoms with van der Waals surface area (Å²) in [4.78, 5) is 21.9. The molecule has 0 aromatic heterocycles. The Morgan fingerprint density at radius 1 is 0.950 bits per heavy atom. The maximum Gasteiger partial charge on any atom is 0.258 e. The number of carbonyl (C=O) groups is 2. The van der Waals surface area contributed by atoms with E-state index in [-0.39, 0.29) is 17.9 Å². The van der Waals surface area contributed by atoms with Crippen molar-refractivity contribution in [2.24, 2.45) is 0 Å². The van der Waals surface area contributed by atoms with E-state index in [9.17, 15) is 9.59 Å². The third-order valence-corrected chi connectivity index (χ3v) is 3.22. The van der Waals surface area contributed by atoms with Crippen LogP contribution in [0.3, 0.4) is 0 Å². The molecule has 20 heavy (non-hydrogen) atoms. The third kappa shape index (κ3) is 4.46. The van der Waals surface area contributed by atoms with Crippen molar-refractivity contribution in [2.45, 2.75) is 52.1 Å². The standard InChI is InChI=1S/C8H5NO2.C6H12O.C2H6/c10-7-5-3-1-2-4-6(5)8(11)9-7;7-6-4-2-1-3-5-6;1-2/h1-4H,(H,9,10,11);6-7H,1-5H2;1-2H3. The Morgan fingerprint density at radius 2 is 1.40 bits per heavy atom. The highest BCUT2D eigenvalue weighted by Gasteiger charge is 2.25. The van der Waals surface area contributed by atoms with E-state index in [4.69, 9.17) is 5.11 Å². The lowest BCUT2D eigenvalue weighted by Crippen LogP contribution is -2.19. The van der Waals surface area contributed by atoms with Gasteiger partial charge in [0.2, 0.25) is 0 Å². The van der Waals surface area contributed by atoms with Crippen LogP contribution in [0, 0.1) is 0 Å². The van der Waals surface area contributed by atoms with Gasteiger partial charge < -0.3 is 5.11 Å². The molecule has 1 aromatic rings. The van der Waals surface area contributed by atoms with Gasteiger partial charge in [-0.1, -0.05) is 45.2 Å². The zero-order chi connectivity index (χ0) is 15.0. The first-order valence-electron chi connectivity index (χ1n) is 7.31. The molecule has 1 aromatic carbocycles. The molecule has 2 N–H and O–H groups in total. The van der Waals surface area contributed by atoms with Crippen molar-refractivity contribution in [3.8, 4) is 0 Å². The monoisotopic (exact) mass is 277 g/mol. The summed E-state index contributed by atoms with van der Waals surface area (Å²) in [5.74, 6) is -0.601. The molecule has 0 radical (unpaired) electrons. The Morgan fingerprint density at radius 3 is 1.75 bits per heavy atom. The largest absolute Gasteiger partial charge is 0.393 e. The maximum absolute atomic E-state index is 10.9. The Hall–Kier alpha value is -1.68. The van der Waals surface area contributed by atoms with E-state index in [2.05, 4.69) is 5.32 Å². The number of amides is 2. The molecule has 4 nitrogen and oxygen atoms in total. The number of fused-ring (bicyclic) bond motifs is 1. The highest BCUT2D eigenvalue weighted by molar-refractivity contribution is 6.21. The first kappa shape index (κ1) is 16.4. The topological polar surface area (TPSA) is 66.4 Å². The fraction of sp³-hybridized carbons (Fsp3) is 0.500. The molecule has 1 aliphatic carbocycles. The molecular formula is C16H23NO3. The molecule has 2 amide bonds. The van der Waals surface area contributed by atoms with Gasteiger partial charge in [0.05, 0.1) is 17.2 Å². The number of carbonyl (C=O) groups excluding carboxylic acids is 2.